The second-order valence-corrected chi connectivity index (χ2v) is 14.1. The summed E-state index contributed by atoms with van der Waals surface area (Å²) in [5, 5.41) is 11.8. The third-order valence-electron chi connectivity index (χ3n) is 10.5. The highest BCUT2D eigenvalue weighted by Crippen LogP contribution is 2.54. The van der Waals surface area contributed by atoms with E-state index in [9.17, 15) is 5.26 Å². The van der Waals surface area contributed by atoms with E-state index in [1.54, 1.807) is 6.07 Å². The zero-order valence-corrected chi connectivity index (χ0v) is 27.0. The van der Waals surface area contributed by atoms with Crippen molar-refractivity contribution in [2.75, 3.05) is 0 Å². The van der Waals surface area contributed by atoms with Crippen LogP contribution >= 0.6 is 0 Å². The van der Waals surface area contributed by atoms with Gasteiger partial charge in [0.15, 0.2) is 17.5 Å². The molecular formula is C43H38N4. The average molecular weight is 611 g/mol. The monoisotopic (exact) mass is 610 g/mol. The van der Waals surface area contributed by atoms with Crippen molar-refractivity contribution in [3.8, 4) is 51.4 Å². The van der Waals surface area contributed by atoms with Gasteiger partial charge in [-0.25, -0.2) is 15.0 Å². The smallest absolute Gasteiger partial charge is 0.164 e. The number of hydrogen-bond donors (Lipinski definition) is 0. The summed E-state index contributed by atoms with van der Waals surface area (Å²) in [6.45, 7) is 4.92. The van der Waals surface area contributed by atoms with Crippen molar-refractivity contribution in [1.82, 2.24) is 15.0 Å². The third kappa shape index (κ3) is 5.51. The van der Waals surface area contributed by atoms with Crippen LogP contribution in [0.15, 0.2) is 115 Å². The van der Waals surface area contributed by atoms with Crippen LogP contribution in [0.25, 0.3) is 56.1 Å². The van der Waals surface area contributed by atoms with Crippen molar-refractivity contribution in [2.24, 2.45) is 17.8 Å². The van der Waals surface area contributed by atoms with Gasteiger partial charge in [-0.1, -0.05) is 111 Å². The maximum absolute atomic E-state index is 9.55. The Balaban J connectivity index is 1.22. The van der Waals surface area contributed by atoms with E-state index in [1.165, 1.54) is 54.2 Å². The molecule has 8 rings (SSSR count). The van der Waals surface area contributed by atoms with E-state index in [2.05, 4.69) is 80.6 Å². The zero-order chi connectivity index (χ0) is 32.0. The standard InChI is InChI=1S/C43H38N4/c1-28-21-31-22-29(2)25-43(24-28,26-31)35-17-15-32(16-18-35)36-19-20-39(38-14-7-6-13-37(36)38)42-46-40(33-10-4-3-5-11-33)45-41(47-42)34-12-8-9-30(23-34)27-44/h3-20,23,28-29,31H,21-22,24-26H2,1-2H3/t28-,29+,31?,43?. The van der Waals surface area contributed by atoms with Gasteiger partial charge in [0.05, 0.1) is 11.6 Å². The van der Waals surface area contributed by atoms with Gasteiger partial charge in [-0.05, 0) is 101 Å². The molecule has 2 aliphatic carbocycles. The molecule has 2 aliphatic rings. The van der Waals surface area contributed by atoms with E-state index < -0.39 is 0 Å². The van der Waals surface area contributed by atoms with E-state index in [0.29, 0.717) is 28.5 Å². The maximum atomic E-state index is 9.55. The highest BCUT2D eigenvalue weighted by Gasteiger charge is 2.45. The molecule has 2 bridgehead atoms. The predicted octanol–water partition coefficient (Wildman–Crippen LogP) is 10.7. The molecule has 0 aliphatic heterocycles. The van der Waals surface area contributed by atoms with E-state index in [4.69, 9.17) is 15.0 Å². The molecule has 4 heteroatoms. The molecule has 0 radical (unpaired) electrons. The van der Waals surface area contributed by atoms with Crippen molar-refractivity contribution < 1.29 is 0 Å². The fourth-order valence-electron chi connectivity index (χ4n) is 8.88. The lowest BCUT2D eigenvalue weighted by Gasteiger charge is -2.50. The van der Waals surface area contributed by atoms with Gasteiger partial charge in [-0.3, -0.25) is 0 Å². The van der Waals surface area contributed by atoms with E-state index in [1.807, 2.05) is 48.5 Å². The van der Waals surface area contributed by atoms with Crippen LogP contribution in [0, 0.1) is 29.1 Å². The highest BCUT2D eigenvalue weighted by molar-refractivity contribution is 6.04. The van der Waals surface area contributed by atoms with Crippen LogP contribution in [0.1, 0.15) is 57.1 Å². The molecule has 0 spiro atoms. The molecule has 0 saturated heterocycles. The molecule has 47 heavy (non-hydrogen) atoms. The van der Waals surface area contributed by atoms with Crippen molar-refractivity contribution >= 4 is 10.8 Å². The molecule has 2 fully saturated rings. The van der Waals surface area contributed by atoms with Crippen molar-refractivity contribution in [2.45, 2.75) is 51.4 Å². The molecule has 2 saturated carbocycles. The molecule has 0 N–H and O–H groups in total. The minimum absolute atomic E-state index is 0.323. The Bertz CT molecular complexity index is 2110. The van der Waals surface area contributed by atoms with Crippen LogP contribution in [0.5, 0.6) is 0 Å². The number of fused-ring (bicyclic) bond motifs is 3. The largest absolute Gasteiger partial charge is 0.208 e. The van der Waals surface area contributed by atoms with Crippen molar-refractivity contribution in [3.63, 3.8) is 0 Å². The van der Waals surface area contributed by atoms with Crippen LogP contribution in [0.3, 0.4) is 0 Å². The maximum Gasteiger partial charge on any atom is 0.164 e. The Kier molecular flexibility index (Phi) is 7.41. The molecule has 1 aromatic heterocycles. The first-order valence-corrected chi connectivity index (χ1v) is 16.9. The molecule has 1 heterocycles. The van der Waals surface area contributed by atoms with Gasteiger partial charge < -0.3 is 0 Å². The molecule has 0 amide bonds. The Labute approximate surface area is 277 Å². The minimum Gasteiger partial charge on any atom is -0.208 e. The predicted molar refractivity (Wildman–Crippen MR) is 190 cm³/mol. The SMILES string of the molecule is C[C@@H]1CC2C[C@H](C)CC(c3ccc(-c4ccc(-c5nc(-c6ccccc6)nc(-c6cccc(C#N)c6)n5)c5ccccc45)cc3)(C2)C1. The molecule has 2 unspecified atom stereocenters. The second kappa shape index (κ2) is 11.9. The fraction of sp³-hybridized carbons (Fsp3) is 0.256. The second-order valence-electron chi connectivity index (χ2n) is 14.1. The lowest BCUT2D eigenvalue weighted by molar-refractivity contribution is 0.0780. The number of rotatable bonds is 5. The number of benzene rings is 5. The van der Waals surface area contributed by atoms with Crippen molar-refractivity contribution in [1.29, 1.82) is 5.26 Å². The fourth-order valence-corrected chi connectivity index (χ4v) is 8.88. The minimum atomic E-state index is 0.323. The summed E-state index contributed by atoms with van der Waals surface area (Å²) < 4.78 is 0. The first kappa shape index (κ1) is 29.3. The molecule has 5 aromatic carbocycles. The average Bonchev–Trinajstić information content (AvgIpc) is 3.11. The third-order valence-corrected chi connectivity index (χ3v) is 10.5. The topological polar surface area (TPSA) is 62.5 Å². The van der Waals surface area contributed by atoms with Gasteiger partial charge in [0.25, 0.3) is 0 Å². The van der Waals surface area contributed by atoms with Gasteiger partial charge in [0.2, 0.25) is 0 Å². The lowest BCUT2D eigenvalue weighted by atomic mass is 9.54. The van der Waals surface area contributed by atoms with Crippen molar-refractivity contribution in [3.05, 3.63) is 126 Å². The van der Waals surface area contributed by atoms with Gasteiger partial charge in [-0.15, -0.1) is 0 Å². The first-order valence-electron chi connectivity index (χ1n) is 16.9. The molecular weight excluding hydrogens is 573 g/mol. The van der Waals surface area contributed by atoms with E-state index in [0.717, 1.165) is 39.8 Å². The summed E-state index contributed by atoms with van der Waals surface area (Å²) in [5.74, 6) is 4.22. The van der Waals surface area contributed by atoms with E-state index >= 15 is 0 Å². The number of hydrogen-bond acceptors (Lipinski definition) is 4. The summed E-state index contributed by atoms with van der Waals surface area (Å²) in [6, 6.07) is 42.1. The first-order chi connectivity index (χ1) is 23.0. The quantitative estimate of drug-likeness (QED) is 0.195. The summed E-state index contributed by atoms with van der Waals surface area (Å²) in [6.07, 6.45) is 6.75. The van der Waals surface area contributed by atoms with Gasteiger partial charge in [0, 0.05) is 16.7 Å². The zero-order valence-electron chi connectivity index (χ0n) is 27.0. The molecule has 230 valence electrons. The molecule has 6 aromatic rings. The number of aromatic nitrogens is 3. The van der Waals surface area contributed by atoms with E-state index in [-0.39, 0.29) is 0 Å². The highest BCUT2D eigenvalue weighted by atomic mass is 15.0. The Morgan fingerprint density at radius 2 is 1.17 bits per heavy atom. The van der Waals surface area contributed by atoms with Crippen LogP contribution in [0.2, 0.25) is 0 Å². The van der Waals surface area contributed by atoms with Crippen LogP contribution in [-0.4, -0.2) is 15.0 Å². The normalized spacial score (nSPS) is 22.1. The van der Waals surface area contributed by atoms with Crippen LogP contribution in [0.4, 0.5) is 0 Å². The summed E-state index contributed by atoms with van der Waals surface area (Å²) in [7, 11) is 0. The van der Waals surface area contributed by atoms with Crippen LogP contribution in [-0.2, 0) is 5.41 Å². The number of nitrogens with zero attached hydrogens (tertiary/aromatic N) is 4. The molecule has 4 nitrogen and oxygen atoms in total. The van der Waals surface area contributed by atoms with Gasteiger partial charge in [-0.2, -0.15) is 5.26 Å². The van der Waals surface area contributed by atoms with Gasteiger partial charge in [0.1, 0.15) is 0 Å². The lowest BCUT2D eigenvalue weighted by Crippen LogP contribution is -2.42. The van der Waals surface area contributed by atoms with Crippen LogP contribution < -0.4 is 0 Å². The molecule has 4 atom stereocenters. The Morgan fingerprint density at radius 3 is 1.87 bits per heavy atom. The van der Waals surface area contributed by atoms with Gasteiger partial charge >= 0.3 is 0 Å². The summed E-state index contributed by atoms with van der Waals surface area (Å²) in [5.41, 5.74) is 7.52. The summed E-state index contributed by atoms with van der Waals surface area (Å²) in [4.78, 5) is 14.9. The summed E-state index contributed by atoms with van der Waals surface area (Å²) >= 11 is 0. The Morgan fingerprint density at radius 1 is 0.574 bits per heavy atom. The Hall–Kier alpha value is -5.14. The number of nitriles is 1.